The van der Waals surface area contributed by atoms with Gasteiger partial charge < -0.3 is 5.11 Å². The quantitative estimate of drug-likeness (QED) is 0.551. The van der Waals surface area contributed by atoms with Crippen molar-refractivity contribution in [1.29, 1.82) is 0 Å². The maximum atomic E-state index is 10.2. The Morgan fingerprint density at radius 3 is 2.70 bits per heavy atom. The van der Waals surface area contributed by atoms with Crippen molar-refractivity contribution in [1.82, 2.24) is 0 Å². The van der Waals surface area contributed by atoms with Crippen LogP contribution in [-0.4, -0.2) is 16.7 Å². The van der Waals surface area contributed by atoms with Crippen molar-refractivity contribution in [2.45, 2.75) is 18.6 Å². The number of allylic oxidation sites excluding steroid dienone is 2. The van der Waals surface area contributed by atoms with Crippen LogP contribution in [0.3, 0.4) is 0 Å². The second-order valence-electron chi connectivity index (χ2n) is 2.51. The van der Waals surface area contributed by atoms with Gasteiger partial charge in [0.05, 0.1) is 0 Å². The van der Waals surface area contributed by atoms with Gasteiger partial charge in [-0.1, -0.05) is 29.5 Å². The zero-order valence-electron chi connectivity index (χ0n) is 5.69. The smallest absolute Gasteiger partial charge is 0.147 e. The molecule has 1 N–H and O–H groups in total. The predicted octanol–water partition coefficient (Wildman–Crippen LogP) is 0.998. The predicted molar refractivity (Wildman–Crippen MR) is 38.5 cm³/mol. The van der Waals surface area contributed by atoms with Crippen molar-refractivity contribution < 1.29 is 5.11 Å². The van der Waals surface area contributed by atoms with Crippen LogP contribution in [0.5, 0.6) is 0 Å². The highest BCUT2D eigenvalue weighted by Gasteiger charge is 2.30. The molecule has 0 heterocycles. The van der Waals surface area contributed by atoms with Gasteiger partial charge in [0.25, 0.3) is 0 Å². The van der Waals surface area contributed by atoms with Crippen molar-refractivity contribution in [2.24, 2.45) is 5.18 Å². The average molecular weight is 139 g/mol. The Kier molecular flexibility index (Phi) is 1.68. The lowest BCUT2D eigenvalue weighted by molar-refractivity contribution is 0.162. The highest BCUT2D eigenvalue weighted by atomic mass is 16.3. The van der Waals surface area contributed by atoms with Crippen LogP contribution < -0.4 is 0 Å². The van der Waals surface area contributed by atoms with Gasteiger partial charge >= 0.3 is 0 Å². The number of nitroso groups, excluding NO2 is 1. The van der Waals surface area contributed by atoms with E-state index in [4.69, 9.17) is 0 Å². The molecule has 0 aromatic rings. The van der Waals surface area contributed by atoms with Gasteiger partial charge in [0.2, 0.25) is 0 Å². The Morgan fingerprint density at radius 1 is 1.60 bits per heavy atom. The average Bonchev–Trinajstić information content (AvgIpc) is 1.96. The molecule has 0 radical (unpaired) electrons. The van der Waals surface area contributed by atoms with E-state index in [2.05, 4.69) is 5.18 Å². The SMILES string of the molecule is CC1(N=O)C=CC=CC1O. The first-order chi connectivity index (χ1) is 4.69. The van der Waals surface area contributed by atoms with Crippen LogP contribution >= 0.6 is 0 Å². The fourth-order valence-corrected chi connectivity index (χ4v) is 0.798. The fraction of sp³-hybridized carbons (Fsp3) is 0.429. The van der Waals surface area contributed by atoms with E-state index in [9.17, 15) is 10.0 Å². The Hall–Kier alpha value is -0.960. The van der Waals surface area contributed by atoms with E-state index in [0.29, 0.717) is 0 Å². The molecule has 1 aliphatic rings. The molecular formula is C7H9NO2. The Balaban J connectivity index is 2.87. The normalized spacial score (nSPS) is 38.0. The topological polar surface area (TPSA) is 49.7 Å². The number of aliphatic hydroxyl groups is 1. The lowest BCUT2D eigenvalue weighted by Crippen LogP contribution is -2.34. The summed E-state index contributed by atoms with van der Waals surface area (Å²) in [6.07, 6.45) is 5.74. The molecule has 10 heavy (non-hydrogen) atoms. The van der Waals surface area contributed by atoms with Crippen LogP contribution in [0.1, 0.15) is 6.92 Å². The van der Waals surface area contributed by atoms with Crippen LogP contribution in [0.2, 0.25) is 0 Å². The van der Waals surface area contributed by atoms with Gasteiger partial charge in [-0.25, -0.2) is 0 Å². The summed E-state index contributed by atoms with van der Waals surface area (Å²) in [4.78, 5) is 10.2. The van der Waals surface area contributed by atoms with E-state index in [1.54, 1.807) is 31.2 Å². The van der Waals surface area contributed by atoms with E-state index >= 15 is 0 Å². The molecule has 0 bridgehead atoms. The summed E-state index contributed by atoms with van der Waals surface area (Å²) < 4.78 is 0. The minimum absolute atomic E-state index is 0.782. The molecule has 0 spiro atoms. The number of hydrogen-bond donors (Lipinski definition) is 1. The highest BCUT2D eigenvalue weighted by molar-refractivity contribution is 5.24. The van der Waals surface area contributed by atoms with Crippen LogP contribution in [0.25, 0.3) is 0 Å². The Labute approximate surface area is 59.0 Å². The molecule has 3 heteroatoms. The molecule has 0 fully saturated rings. The zero-order chi connectivity index (χ0) is 7.61. The minimum Gasteiger partial charge on any atom is -0.386 e. The van der Waals surface area contributed by atoms with Crippen LogP contribution in [-0.2, 0) is 0 Å². The Morgan fingerprint density at radius 2 is 2.30 bits per heavy atom. The number of rotatable bonds is 1. The Bertz CT molecular complexity index is 198. The lowest BCUT2D eigenvalue weighted by Gasteiger charge is -2.22. The first kappa shape index (κ1) is 7.15. The summed E-state index contributed by atoms with van der Waals surface area (Å²) in [5.74, 6) is 0. The van der Waals surface area contributed by atoms with Crippen molar-refractivity contribution >= 4 is 0 Å². The molecule has 0 aliphatic heterocycles. The van der Waals surface area contributed by atoms with Gasteiger partial charge in [-0.15, -0.1) is 4.91 Å². The van der Waals surface area contributed by atoms with E-state index < -0.39 is 11.6 Å². The molecule has 0 saturated carbocycles. The van der Waals surface area contributed by atoms with Gasteiger partial charge in [0.1, 0.15) is 11.6 Å². The summed E-state index contributed by atoms with van der Waals surface area (Å²) in [6, 6.07) is 0. The molecule has 0 amide bonds. The minimum atomic E-state index is -0.964. The summed E-state index contributed by atoms with van der Waals surface area (Å²) in [5, 5.41) is 12.0. The van der Waals surface area contributed by atoms with Gasteiger partial charge in [0.15, 0.2) is 0 Å². The van der Waals surface area contributed by atoms with E-state index in [0.717, 1.165) is 0 Å². The number of hydrogen-bond acceptors (Lipinski definition) is 3. The number of aliphatic hydroxyl groups excluding tert-OH is 1. The molecule has 0 saturated heterocycles. The van der Waals surface area contributed by atoms with Crippen molar-refractivity contribution in [2.75, 3.05) is 0 Å². The third-order valence-corrected chi connectivity index (χ3v) is 1.63. The van der Waals surface area contributed by atoms with Crippen molar-refractivity contribution in [3.8, 4) is 0 Å². The monoisotopic (exact) mass is 139 g/mol. The van der Waals surface area contributed by atoms with Crippen LogP contribution in [0, 0.1) is 4.91 Å². The van der Waals surface area contributed by atoms with Crippen LogP contribution in [0.4, 0.5) is 0 Å². The third-order valence-electron chi connectivity index (χ3n) is 1.63. The van der Waals surface area contributed by atoms with Crippen LogP contribution in [0.15, 0.2) is 29.5 Å². The van der Waals surface area contributed by atoms with Gasteiger partial charge in [-0.2, -0.15) is 0 Å². The number of nitrogens with zero attached hydrogens (tertiary/aromatic N) is 1. The van der Waals surface area contributed by atoms with Gasteiger partial charge in [0, 0.05) is 0 Å². The molecule has 2 atom stereocenters. The molecule has 1 aliphatic carbocycles. The van der Waals surface area contributed by atoms with E-state index in [1.807, 2.05) is 0 Å². The molecule has 0 aromatic heterocycles. The van der Waals surface area contributed by atoms with Crippen molar-refractivity contribution in [3.05, 3.63) is 29.2 Å². The van der Waals surface area contributed by atoms with Gasteiger partial charge in [-0.05, 0) is 6.92 Å². The summed E-state index contributed by atoms with van der Waals surface area (Å²) in [6.45, 7) is 1.59. The lowest BCUT2D eigenvalue weighted by atomic mass is 9.92. The van der Waals surface area contributed by atoms with E-state index in [-0.39, 0.29) is 0 Å². The first-order valence-corrected chi connectivity index (χ1v) is 3.08. The second kappa shape index (κ2) is 2.34. The third kappa shape index (κ3) is 0.998. The molecule has 1 rings (SSSR count). The summed E-state index contributed by atoms with van der Waals surface area (Å²) in [5.41, 5.74) is -0.964. The molecular weight excluding hydrogens is 130 g/mol. The van der Waals surface area contributed by atoms with Crippen molar-refractivity contribution in [3.63, 3.8) is 0 Å². The molecule has 0 aromatic carbocycles. The first-order valence-electron chi connectivity index (χ1n) is 3.08. The highest BCUT2D eigenvalue weighted by Crippen LogP contribution is 2.21. The summed E-state index contributed by atoms with van der Waals surface area (Å²) in [7, 11) is 0. The fourth-order valence-electron chi connectivity index (χ4n) is 0.798. The maximum Gasteiger partial charge on any atom is 0.147 e. The molecule has 3 nitrogen and oxygen atoms in total. The second-order valence-corrected chi connectivity index (χ2v) is 2.51. The molecule has 2 unspecified atom stereocenters. The maximum absolute atomic E-state index is 10.2. The van der Waals surface area contributed by atoms with E-state index in [1.165, 1.54) is 0 Å². The molecule has 54 valence electrons. The van der Waals surface area contributed by atoms with Gasteiger partial charge in [-0.3, -0.25) is 0 Å². The standard InChI is InChI=1S/C7H9NO2/c1-7(8-10)5-3-2-4-6(7)9/h2-6,9H,1H3. The zero-order valence-corrected chi connectivity index (χ0v) is 5.69. The largest absolute Gasteiger partial charge is 0.386 e. The summed E-state index contributed by atoms with van der Waals surface area (Å²) >= 11 is 0.